The van der Waals surface area contributed by atoms with Gasteiger partial charge in [-0.25, -0.2) is 0 Å². The molecule has 1 heterocycles. The van der Waals surface area contributed by atoms with Gasteiger partial charge in [0.05, 0.1) is 18.9 Å². The van der Waals surface area contributed by atoms with Gasteiger partial charge in [-0.3, -0.25) is 9.48 Å². The zero-order valence-electron chi connectivity index (χ0n) is 18.3. The Balaban J connectivity index is 1.77. The number of methoxy groups -OCH3 is 1. The second-order valence-corrected chi connectivity index (χ2v) is 7.12. The van der Waals surface area contributed by atoms with E-state index in [9.17, 15) is 4.79 Å². The fourth-order valence-electron chi connectivity index (χ4n) is 3.41. The molecule has 0 fully saturated rings. The van der Waals surface area contributed by atoms with Crippen LogP contribution in [0.25, 0.3) is 6.08 Å². The Bertz CT molecular complexity index is 1100. The Morgan fingerprint density at radius 2 is 1.97 bits per heavy atom. The molecule has 5 nitrogen and oxygen atoms in total. The highest BCUT2D eigenvalue weighted by atomic mass is 16.5. The highest BCUT2D eigenvalue weighted by Crippen LogP contribution is 2.25. The van der Waals surface area contributed by atoms with Crippen molar-refractivity contribution in [3.05, 3.63) is 95.3 Å². The molecule has 0 atom stereocenters. The van der Waals surface area contributed by atoms with Crippen LogP contribution >= 0.6 is 0 Å². The maximum Gasteiger partial charge on any atom is 0.189 e. The number of ether oxygens (including phenoxy) is 2. The topological polar surface area (TPSA) is 53.3 Å². The molecule has 0 bridgehead atoms. The third-order valence-corrected chi connectivity index (χ3v) is 5.12. The van der Waals surface area contributed by atoms with E-state index in [0.717, 1.165) is 46.8 Å². The van der Waals surface area contributed by atoms with E-state index in [1.54, 1.807) is 25.5 Å². The fraction of sp³-hybridized carbons (Fsp3) is 0.231. The molecule has 2 aromatic carbocycles. The quantitative estimate of drug-likeness (QED) is 0.251. The van der Waals surface area contributed by atoms with Crippen molar-refractivity contribution in [1.82, 2.24) is 9.78 Å². The predicted molar refractivity (Wildman–Crippen MR) is 124 cm³/mol. The highest BCUT2D eigenvalue weighted by molar-refractivity contribution is 6.07. The predicted octanol–water partition coefficient (Wildman–Crippen LogP) is 5.42. The van der Waals surface area contributed by atoms with E-state index in [0.29, 0.717) is 12.2 Å². The summed E-state index contributed by atoms with van der Waals surface area (Å²) in [7, 11) is 1.64. The van der Waals surface area contributed by atoms with Crippen molar-refractivity contribution >= 4 is 11.9 Å². The van der Waals surface area contributed by atoms with Gasteiger partial charge in [-0.2, -0.15) is 5.10 Å². The average molecular weight is 417 g/mol. The molecule has 31 heavy (non-hydrogen) atoms. The molecule has 0 N–H and O–H groups in total. The molecule has 0 aliphatic carbocycles. The van der Waals surface area contributed by atoms with E-state index >= 15 is 0 Å². The van der Waals surface area contributed by atoms with Gasteiger partial charge in [-0.15, -0.1) is 6.58 Å². The number of carbonyl (C=O) groups excluding carboxylic acids is 1. The van der Waals surface area contributed by atoms with Crippen LogP contribution in [0.5, 0.6) is 11.5 Å². The molecule has 0 saturated carbocycles. The first-order chi connectivity index (χ1) is 15.1. The van der Waals surface area contributed by atoms with Crippen LogP contribution in [0.2, 0.25) is 0 Å². The molecule has 1 aromatic heterocycles. The van der Waals surface area contributed by atoms with Crippen molar-refractivity contribution in [3.8, 4) is 11.5 Å². The number of rotatable bonds is 10. The Morgan fingerprint density at radius 1 is 1.16 bits per heavy atom. The van der Waals surface area contributed by atoms with E-state index in [4.69, 9.17) is 9.47 Å². The molecule has 0 unspecified atom stereocenters. The van der Waals surface area contributed by atoms with Crippen LogP contribution in [0.3, 0.4) is 0 Å². The third-order valence-electron chi connectivity index (χ3n) is 5.12. The summed E-state index contributed by atoms with van der Waals surface area (Å²) in [5.41, 5.74) is 4.38. The summed E-state index contributed by atoms with van der Waals surface area (Å²) in [4.78, 5) is 12.6. The highest BCUT2D eigenvalue weighted by Gasteiger charge is 2.11. The standard InChI is InChI=1S/C26H28N2O3/c1-5-9-21-10-7-8-11-26(21)31-18-22-16-20(13-15-25(22)30-4)12-14-24(29)23-17-27-28(6-2)19(23)3/h5,7-8,10-17H,1,6,9,18H2,2-4H3/b14-12+. The largest absolute Gasteiger partial charge is 0.496 e. The van der Waals surface area contributed by atoms with Crippen LogP contribution in [-0.2, 0) is 19.6 Å². The lowest BCUT2D eigenvalue weighted by atomic mass is 10.1. The van der Waals surface area contributed by atoms with Gasteiger partial charge < -0.3 is 9.47 Å². The van der Waals surface area contributed by atoms with Crippen molar-refractivity contribution < 1.29 is 14.3 Å². The molecule has 160 valence electrons. The molecule has 0 aliphatic rings. The number of allylic oxidation sites excluding steroid dienone is 2. The van der Waals surface area contributed by atoms with E-state index in [1.165, 1.54) is 0 Å². The van der Waals surface area contributed by atoms with E-state index in [2.05, 4.69) is 11.7 Å². The monoisotopic (exact) mass is 416 g/mol. The van der Waals surface area contributed by atoms with Crippen LogP contribution in [-0.4, -0.2) is 22.7 Å². The lowest BCUT2D eigenvalue weighted by Crippen LogP contribution is -2.02. The lowest BCUT2D eigenvalue weighted by Gasteiger charge is -2.13. The number of aryl methyl sites for hydroxylation is 1. The first-order valence-corrected chi connectivity index (χ1v) is 10.3. The van der Waals surface area contributed by atoms with E-state index in [-0.39, 0.29) is 5.78 Å². The van der Waals surface area contributed by atoms with Crippen LogP contribution in [0.1, 0.15) is 39.7 Å². The second-order valence-electron chi connectivity index (χ2n) is 7.12. The van der Waals surface area contributed by atoms with Crippen LogP contribution in [0, 0.1) is 6.92 Å². The smallest absolute Gasteiger partial charge is 0.189 e. The molecular formula is C26H28N2O3. The van der Waals surface area contributed by atoms with Gasteiger partial charge in [-0.05, 0) is 55.7 Å². The molecule has 0 radical (unpaired) electrons. The van der Waals surface area contributed by atoms with Gasteiger partial charge in [0.1, 0.15) is 18.1 Å². The van der Waals surface area contributed by atoms with Crippen LogP contribution < -0.4 is 9.47 Å². The van der Waals surface area contributed by atoms with Crippen LogP contribution in [0.15, 0.2) is 67.4 Å². The second kappa shape index (κ2) is 10.4. The number of nitrogens with zero attached hydrogens (tertiary/aromatic N) is 2. The minimum Gasteiger partial charge on any atom is -0.496 e. The number of hydrogen-bond acceptors (Lipinski definition) is 4. The SMILES string of the molecule is C=CCc1ccccc1OCc1cc(/C=C/C(=O)c2cnn(CC)c2C)ccc1OC. The minimum atomic E-state index is -0.0656. The molecule has 3 rings (SSSR count). The number of carbonyl (C=O) groups is 1. The van der Waals surface area contributed by atoms with E-state index < -0.39 is 0 Å². The number of aromatic nitrogens is 2. The van der Waals surface area contributed by atoms with Gasteiger partial charge in [-0.1, -0.05) is 36.4 Å². The van der Waals surface area contributed by atoms with Crippen molar-refractivity contribution in [3.63, 3.8) is 0 Å². The van der Waals surface area contributed by atoms with E-state index in [1.807, 2.05) is 67.1 Å². The Kier molecular flexibility index (Phi) is 7.44. The summed E-state index contributed by atoms with van der Waals surface area (Å²) < 4.78 is 13.4. The zero-order valence-corrected chi connectivity index (χ0v) is 18.3. The first kappa shape index (κ1) is 22.1. The minimum absolute atomic E-state index is 0.0656. The number of benzene rings is 2. The molecule has 3 aromatic rings. The summed E-state index contributed by atoms with van der Waals surface area (Å²) >= 11 is 0. The number of hydrogen-bond donors (Lipinski definition) is 0. The van der Waals surface area contributed by atoms with Gasteiger partial charge in [0.15, 0.2) is 5.78 Å². The molecule has 0 amide bonds. The number of para-hydroxylation sites is 1. The third kappa shape index (κ3) is 5.31. The van der Waals surface area contributed by atoms with Crippen molar-refractivity contribution in [1.29, 1.82) is 0 Å². The van der Waals surface area contributed by atoms with Gasteiger partial charge in [0.2, 0.25) is 0 Å². The zero-order chi connectivity index (χ0) is 22.2. The average Bonchev–Trinajstić information content (AvgIpc) is 3.17. The Labute approximate surface area is 183 Å². The van der Waals surface area contributed by atoms with Gasteiger partial charge in [0, 0.05) is 17.8 Å². The van der Waals surface area contributed by atoms with Crippen molar-refractivity contribution in [2.24, 2.45) is 0 Å². The van der Waals surface area contributed by atoms with Gasteiger partial charge in [0.25, 0.3) is 0 Å². The molecule has 5 heteroatoms. The summed E-state index contributed by atoms with van der Waals surface area (Å²) in [6.07, 6.45) is 7.61. The Morgan fingerprint density at radius 3 is 2.68 bits per heavy atom. The fourth-order valence-corrected chi connectivity index (χ4v) is 3.41. The summed E-state index contributed by atoms with van der Waals surface area (Å²) in [6, 6.07) is 13.7. The Hall–Kier alpha value is -3.60. The molecule has 0 saturated heterocycles. The summed E-state index contributed by atoms with van der Waals surface area (Å²) in [5, 5.41) is 4.24. The maximum absolute atomic E-state index is 12.6. The summed E-state index contributed by atoms with van der Waals surface area (Å²) in [6.45, 7) is 8.81. The van der Waals surface area contributed by atoms with Gasteiger partial charge >= 0.3 is 0 Å². The van der Waals surface area contributed by atoms with Crippen molar-refractivity contribution in [2.45, 2.75) is 33.4 Å². The first-order valence-electron chi connectivity index (χ1n) is 10.3. The molecular weight excluding hydrogens is 388 g/mol. The number of ketones is 1. The lowest BCUT2D eigenvalue weighted by molar-refractivity contribution is 0.104. The molecule has 0 spiro atoms. The molecule has 0 aliphatic heterocycles. The van der Waals surface area contributed by atoms with Crippen LogP contribution in [0.4, 0.5) is 0 Å². The normalized spacial score (nSPS) is 10.9. The van der Waals surface area contributed by atoms with Crippen molar-refractivity contribution in [2.75, 3.05) is 7.11 Å². The summed E-state index contributed by atoms with van der Waals surface area (Å²) in [5.74, 6) is 1.50. The maximum atomic E-state index is 12.6.